The molecule has 1 aliphatic rings. The molecule has 0 amide bonds. The van der Waals surface area contributed by atoms with Crippen molar-refractivity contribution in [2.75, 3.05) is 18.4 Å². The van der Waals surface area contributed by atoms with Gasteiger partial charge in [0.15, 0.2) is 0 Å². The number of nitrogens with zero attached hydrogens (tertiary/aromatic N) is 3. The van der Waals surface area contributed by atoms with E-state index in [1.807, 2.05) is 4.68 Å². The van der Waals surface area contributed by atoms with Crippen LogP contribution in [0.5, 0.6) is 0 Å². The Kier molecular flexibility index (Phi) is 4.69. The molecule has 0 aliphatic carbocycles. The van der Waals surface area contributed by atoms with Gasteiger partial charge in [0.1, 0.15) is 0 Å². The molecular weight excluding hydrogens is 306 g/mol. The van der Waals surface area contributed by atoms with Crippen LogP contribution in [0.15, 0.2) is 12.3 Å². The molecule has 0 aromatic carbocycles. The van der Waals surface area contributed by atoms with Crippen molar-refractivity contribution in [3.8, 4) is 0 Å². The van der Waals surface area contributed by atoms with E-state index in [4.69, 9.17) is 4.74 Å². The predicted octanol–water partition coefficient (Wildman–Crippen LogP) is 2.84. The molecule has 2 rings (SSSR count). The van der Waals surface area contributed by atoms with E-state index in [1.165, 1.54) is 0 Å². The van der Waals surface area contributed by atoms with Crippen LogP contribution in [0.4, 0.5) is 0 Å². The topological polar surface area (TPSA) is 30.3 Å². The van der Waals surface area contributed by atoms with Crippen molar-refractivity contribution in [3.05, 3.63) is 18.0 Å². The Hall–Kier alpha value is -0.390. The smallest absolute Gasteiger partial charge is 0.0806 e. The minimum absolute atomic E-state index is 0.0860. The first-order valence-electron chi connectivity index (χ1n) is 6.90. The number of rotatable bonds is 4. The number of hydrogen-bond donors (Lipinski definition) is 0. The van der Waals surface area contributed by atoms with Crippen molar-refractivity contribution in [2.24, 2.45) is 0 Å². The molecule has 4 nitrogen and oxygen atoms in total. The van der Waals surface area contributed by atoms with Crippen molar-refractivity contribution in [1.82, 2.24) is 14.7 Å². The molecule has 19 heavy (non-hydrogen) atoms. The molecule has 1 aliphatic heterocycles. The van der Waals surface area contributed by atoms with Gasteiger partial charge in [0.25, 0.3) is 0 Å². The summed E-state index contributed by atoms with van der Waals surface area (Å²) in [6.07, 6.45) is 2.32. The summed E-state index contributed by atoms with van der Waals surface area (Å²) < 4.78 is 8.04. The van der Waals surface area contributed by atoms with E-state index in [0.717, 1.165) is 30.7 Å². The van der Waals surface area contributed by atoms with Crippen molar-refractivity contribution in [1.29, 1.82) is 0 Å². The lowest BCUT2D eigenvalue weighted by Gasteiger charge is -2.42. The third-order valence-corrected chi connectivity index (χ3v) is 4.02. The Bertz CT molecular complexity index is 417. The quantitative estimate of drug-likeness (QED) is 0.796. The third-order valence-electron chi connectivity index (χ3n) is 3.30. The second-order valence-corrected chi connectivity index (χ2v) is 6.85. The zero-order valence-electron chi connectivity index (χ0n) is 12.3. The average Bonchev–Trinajstić information content (AvgIpc) is 2.75. The largest absolute Gasteiger partial charge is 0.369 e. The highest BCUT2D eigenvalue weighted by atomic mass is 79.9. The van der Waals surface area contributed by atoms with Gasteiger partial charge in [-0.3, -0.25) is 9.58 Å². The number of halogens is 1. The van der Waals surface area contributed by atoms with Crippen molar-refractivity contribution in [3.63, 3.8) is 0 Å². The zero-order valence-corrected chi connectivity index (χ0v) is 13.9. The monoisotopic (exact) mass is 329 g/mol. The number of morpholine rings is 1. The normalized spacial score (nSPS) is 24.0. The van der Waals surface area contributed by atoms with Gasteiger partial charge in [0.05, 0.1) is 17.4 Å². The highest BCUT2D eigenvalue weighted by Gasteiger charge is 2.32. The fraction of sp³-hybridized carbons (Fsp3) is 0.786. The Morgan fingerprint density at radius 1 is 1.53 bits per heavy atom. The Balaban J connectivity index is 2.00. The van der Waals surface area contributed by atoms with Crippen molar-refractivity contribution in [2.45, 2.75) is 52.0 Å². The van der Waals surface area contributed by atoms with Crippen LogP contribution in [0.25, 0.3) is 0 Å². The molecule has 1 aromatic heterocycles. The number of alkyl halides is 1. The summed E-state index contributed by atoms with van der Waals surface area (Å²) in [5.74, 6) is 0. The van der Waals surface area contributed by atoms with E-state index in [-0.39, 0.29) is 11.7 Å². The lowest BCUT2D eigenvalue weighted by molar-refractivity contribution is -0.128. The molecule has 108 valence electrons. The lowest BCUT2D eigenvalue weighted by Crippen LogP contribution is -2.52. The van der Waals surface area contributed by atoms with Crippen LogP contribution >= 0.6 is 15.9 Å². The molecule has 2 heterocycles. The second kappa shape index (κ2) is 5.94. The van der Waals surface area contributed by atoms with E-state index in [0.29, 0.717) is 6.04 Å². The van der Waals surface area contributed by atoms with Gasteiger partial charge in [-0.15, -0.1) is 0 Å². The Morgan fingerprint density at radius 3 is 2.84 bits per heavy atom. The predicted molar refractivity (Wildman–Crippen MR) is 80.6 cm³/mol. The standard InChI is InChI=1S/C14H24BrN3O/c1-11(2)18-6-5-12(16-18)8-17-9-13(7-15)19-14(3,4)10-17/h5-6,11,13H,7-10H2,1-4H3. The van der Waals surface area contributed by atoms with Crippen molar-refractivity contribution < 1.29 is 4.74 Å². The fourth-order valence-corrected chi connectivity index (χ4v) is 2.93. The summed E-state index contributed by atoms with van der Waals surface area (Å²) in [5.41, 5.74) is 1.05. The summed E-state index contributed by atoms with van der Waals surface area (Å²) in [5, 5.41) is 5.51. The molecule has 0 saturated carbocycles. The van der Waals surface area contributed by atoms with Gasteiger partial charge < -0.3 is 4.74 Å². The molecule has 1 saturated heterocycles. The number of hydrogen-bond acceptors (Lipinski definition) is 3. The first kappa shape index (κ1) is 15.0. The van der Waals surface area contributed by atoms with Gasteiger partial charge in [0.2, 0.25) is 0 Å². The zero-order chi connectivity index (χ0) is 14.0. The molecular formula is C14H24BrN3O. The SMILES string of the molecule is CC(C)n1ccc(CN2CC(CBr)OC(C)(C)C2)n1. The number of aromatic nitrogens is 2. The molecule has 0 spiro atoms. The highest BCUT2D eigenvalue weighted by Crippen LogP contribution is 2.23. The Labute approximate surface area is 124 Å². The van der Waals surface area contributed by atoms with Crippen LogP contribution in [0.1, 0.15) is 39.4 Å². The highest BCUT2D eigenvalue weighted by molar-refractivity contribution is 9.09. The molecule has 1 atom stereocenters. The van der Waals surface area contributed by atoms with Crippen LogP contribution in [0.3, 0.4) is 0 Å². The van der Waals surface area contributed by atoms with Crippen LogP contribution in [0.2, 0.25) is 0 Å². The van der Waals surface area contributed by atoms with Gasteiger partial charge in [0, 0.05) is 37.2 Å². The van der Waals surface area contributed by atoms with E-state index in [1.54, 1.807) is 0 Å². The molecule has 0 bridgehead atoms. The van der Waals surface area contributed by atoms with E-state index >= 15 is 0 Å². The minimum atomic E-state index is -0.0860. The van der Waals surface area contributed by atoms with Crippen molar-refractivity contribution >= 4 is 15.9 Å². The summed E-state index contributed by atoms with van der Waals surface area (Å²) in [4.78, 5) is 2.43. The van der Waals surface area contributed by atoms with Crippen LogP contribution in [0, 0.1) is 0 Å². The van der Waals surface area contributed by atoms with Gasteiger partial charge in [-0.05, 0) is 33.8 Å². The van der Waals surface area contributed by atoms with Gasteiger partial charge in [-0.25, -0.2) is 0 Å². The van der Waals surface area contributed by atoms with Crippen LogP contribution < -0.4 is 0 Å². The third kappa shape index (κ3) is 4.04. The molecule has 0 radical (unpaired) electrons. The fourth-order valence-electron chi connectivity index (χ4n) is 2.60. The molecule has 1 aromatic rings. The van der Waals surface area contributed by atoms with Gasteiger partial charge in [-0.1, -0.05) is 15.9 Å². The lowest BCUT2D eigenvalue weighted by atomic mass is 10.1. The second-order valence-electron chi connectivity index (χ2n) is 6.20. The van der Waals surface area contributed by atoms with Gasteiger partial charge >= 0.3 is 0 Å². The van der Waals surface area contributed by atoms with E-state index < -0.39 is 0 Å². The minimum Gasteiger partial charge on any atom is -0.369 e. The maximum Gasteiger partial charge on any atom is 0.0806 e. The summed E-state index contributed by atoms with van der Waals surface area (Å²) in [6.45, 7) is 11.4. The maximum atomic E-state index is 6.02. The van der Waals surface area contributed by atoms with Crippen LogP contribution in [-0.4, -0.2) is 44.8 Å². The number of ether oxygens (including phenoxy) is 1. The molecule has 1 fully saturated rings. The molecule has 1 unspecified atom stereocenters. The average molecular weight is 330 g/mol. The maximum absolute atomic E-state index is 6.02. The van der Waals surface area contributed by atoms with E-state index in [9.17, 15) is 0 Å². The van der Waals surface area contributed by atoms with Crippen LogP contribution in [-0.2, 0) is 11.3 Å². The Morgan fingerprint density at radius 2 is 2.26 bits per heavy atom. The van der Waals surface area contributed by atoms with Gasteiger partial charge in [-0.2, -0.15) is 5.10 Å². The molecule has 0 N–H and O–H groups in total. The summed E-state index contributed by atoms with van der Waals surface area (Å²) in [6, 6.07) is 2.54. The first-order valence-corrected chi connectivity index (χ1v) is 8.02. The van der Waals surface area contributed by atoms with E-state index in [2.05, 4.69) is 65.9 Å². The summed E-state index contributed by atoms with van der Waals surface area (Å²) >= 11 is 3.53. The molecule has 5 heteroatoms. The first-order chi connectivity index (χ1) is 8.89. The summed E-state index contributed by atoms with van der Waals surface area (Å²) in [7, 11) is 0.